The van der Waals surface area contributed by atoms with E-state index in [1.807, 2.05) is 0 Å². The van der Waals surface area contributed by atoms with Gasteiger partial charge in [-0.05, 0) is 6.42 Å². The van der Waals surface area contributed by atoms with Crippen LogP contribution in [0, 0.1) is 10.1 Å². The summed E-state index contributed by atoms with van der Waals surface area (Å²) in [5, 5.41) is 20.4. The van der Waals surface area contributed by atoms with Crippen LogP contribution in [0.3, 0.4) is 0 Å². The van der Waals surface area contributed by atoms with Crippen molar-refractivity contribution in [2.24, 2.45) is 0 Å². The van der Waals surface area contributed by atoms with Crippen molar-refractivity contribution >= 4 is 11.7 Å². The van der Waals surface area contributed by atoms with Crippen LogP contribution in [-0.2, 0) is 4.79 Å². The molecule has 0 aliphatic heterocycles. The van der Waals surface area contributed by atoms with Crippen molar-refractivity contribution in [3.05, 3.63) is 39.9 Å². The van der Waals surface area contributed by atoms with Crippen molar-refractivity contribution in [2.45, 2.75) is 96.3 Å². The van der Waals surface area contributed by atoms with Crippen LogP contribution in [-0.4, -0.2) is 16.0 Å². The number of nitro groups is 1. The summed E-state index contributed by atoms with van der Waals surface area (Å²) in [6.07, 6.45) is 14.2. The molecule has 27 heavy (non-hydrogen) atoms. The van der Waals surface area contributed by atoms with Gasteiger partial charge in [0.2, 0.25) is 0 Å². The molecule has 0 bridgehead atoms. The molecule has 0 spiro atoms. The predicted molar refractivity (Wildman–Crippen MR) is 109 cm³/mol. The number of carbonyl (C=O) groups is 1. The molecule has 0 heterocycles. The summed E-state index contributed by atoms with van der Waals surface area (Å²) in [6.45, 7) is 2.23. The number of carboxylic acids is 1. The van der Waals surface area contributed by atoms with Crippen LogP contribution in [0.1, 0.15) is 102 Å². The zero-order chi connectivity index (χ0) is 19.9. The molecule has 0 fully saturated rings. The summed E-state index contributed by atoms with van der Waals surface area (Å²) in [5.74, 6) is -1.19. The molecule has 0 saturated carbocycles. The fourth-order valence-corrected chi connectivity index (χ4v) is 3.63. The highest BCUT2D eigenvalue weighted by molar-refractivity contribution is 5.68. The number of hydrogen-bond donors (Lipinski definition) is 1. The molecule has 1 aromatic rings. The van der Waals surface area contributed by atoms with Crippen molar-refractivity contribution in [3.8, 4) is 0 Å². The first-order valence-corrected chi connectivity index (χ1v) is 10.5. The number of benzene rings is 1. The van der Waals surface area contributed by atoms with Crippen molar-refractivity contribution in [3.63, 3.8) is 0 Å². The molecule has 1 aromatic carbocycles. The van der Waals surface area contributed by atoms with E-state index in [9.17, 15) is 20.0 Å². The lowest BCUT2D eigenvalue weighted by Crippen LogP contribution is -2.09. The molecule has 0 saturated heterocycles. The van der Waals surface area contributed by atoms with Gasteiger partial charge >= 0.3 is 5.97 Å². The molecule has 5 heteroatoms. The summed E-state index contributed by atoms with van der Waals surface area (Å²) in [7, 11) is 0. The number of nitro benzene ring substituents is 1. The van der Waals surface area contributed by atoms with E-state index in [0.29, 0.717) is 12.0 Å². The van der Waals surface area contributed by atoms with E-state index in [4.69, 9.17) is 0 Å². The van der Waals surface area contributed by atoms with Gasteiger partial charge in [-0.2, -0.15) is 0 Å². The van der Waals surface area contributed by atoms with Crippen LogP contribution in [0.25, 0.3) is 0 Å². The largest absolute Gasteiger partial charge is 0.481 e. The summed E-state index contributed by atoms with van der Waals surface area (Å²) in [5.41, 5.74) is 0.587. The highest BCUT2D eigenvalue weighted by Crippen LogP contribution is 2.32. The number of hydrogen-bond acceptors (Lipinski definition) is 3. The van der Waals surface area contributed by atoms with E-state index in [-0.39, 0.29) is 18.0 Å². The summed E-state index contributed by atoms with van der Waals surface area (Å²) in [6, 6.07) is 6.54. The number of nitrogens with zero attached hydrogens (tertiary/aromatic N) is 1. The van der Waals surface area contributed by atoms with Crippen LogP contribution >= 0.6 is 0 Å². The van der Waals surface area contributed by atoms with Crippen LogP contribution in [0.15, 0.2) is 24.3 Å². The van der Waals surface area contributed by atoms with Crippen molar-refractivity contribution < 1.29 is 14.8 Å². The number of carboxylic acid groups (broad SMARTS) is 1. The minimum atomic E-state index is -0.902. The monoisotopic (exact) mass is 377 g/mol. The summed E-state index contributed by atoms with van der Waals surface area (Å²) in [4.78, 5) is 22.0. The fraction of sp³-hybridized carbons (Fsp3) is 0.682. The predicted octanol–water partition coefficient (Wildman–Crippen LogP) is 6.85. The number of rotatable bonds is 16. The SMILES string of the molecule is CCCCCCCCCCCCCC(CC(=O)O)c1ccccc1[N+](=O)[O-]. The normalized spacial score (nSPS) is 12.0. The van der Waals surface area contributed by atoms with Crippen LogP contribution in [0.2, 0.25) is 0 Å². The third-order valence-electron chi connectivity index (χ3n) is 5.15. The molecule has 152 valence electrons. The molecule has 0 aromatic heterocycles. The van der Waals surface area contributed by atoms with E-state index in [1.165, 1.54) is 57.4 Å². The quantitative estimate of drug-likeness (QED) is 0.194. The van der Waals surface area contributed by atoms with Gasteiger partial charge in [-0.15, -0.1) is 0 Å². The molecule has 0 radical (unpaired) electrons. The topological polar surface area (TPSA) is 80.4 Å². The van der Waals surface area contributed by atoms with Crippen molar-refractivity contribution in [1.82, 2.24) is 0 Å². The van der Waals surface area contributed by atoms with Crippen LogP contribution < -0.4 is 0 Å². The average Bonchev–Trinajstić information content (AvgIpc) is 2.64. The minimum Gasteiger partial charge on any atom is -0.481 e. The van der Waals surface area contributed by atoms with Gasteiger partial charge in [0.25, 0.3) is 5.69 Å². The Hall–Kier alpha value is -1.91. The van der Waals surface area contributed by atoms with Gasteiger partial charge in [0.15, 0.2) is 0 Å². The molecular formula is C22H35NO4. The van der Waals surface area contributed by atoms with Gasteiger partial charge < -0.3 is 5.11 Å². The summed E-state index contributed by atoms with van der Waals surface area (Å²) < 4.78 is 0. The Labute approximate surface area is 163 Å². The van der Waals surface area contributed by atoms with Gasteiger partial charge in [-0.25, -0.2) is 0 Å². The minimum absolute atomic E-state index is 0.0341. The molecule has 1 N–H and O–H groups in total. The second-order valence-electron chi connectivity index (χ2n) is 7.43. The smallest absolute Gasteiger partial charge is 0.303 e. The molecule has 1 unspecified atom stereocenters. The van der Waals surface area contributed by atoms with Crippen LogP contribution in [0.4, 0.5) is 5.69 Å². The Bertz CT molecular complexity index is 559. The molecule has 0 amide bonds. The van der Waals surface area contributed by atoms with Gasteiger partial charge in [-0.1, -0.05) is 95.8 Å². The highest BCUT2D eigenvalue weighted by Gasteiger charge is 2.23. The fourth-order valence-electron chi connectivity index (χ4n) is 3.63. The molecule has 5 nitrogen and oxygen atoms in total. The van der Waals surface area contributed by atoms with Gasteiger partial charge in [0.05, 0.1) is 11.3 Å². The van der Waals surface area contributed by atoms with E-state index >= 15 is 0 Å². The standard InChI is InChI=1S/C22H35NO4/c1-2-3-4-5-6-7-8-9-10-11-12-15-19(18-22(24)25)20-16-13-14-17-21(20)23(26)27/h13-14,16-17,19H,2-12,15,18H2,1H3,(H,24,25). The van der Waals surface area contributed by atoms with E-state index in [1.54, 1.807) is 18.2 Å². The molecule has 0 aliphatic carbocycles. The van der Waals surface area contributed by atoms with E-state index in [0.717, 1.165) is 19.3 Å². The third-order valence-corrected chi connectivity index (χ3v) is 5.15. The first-order valence-electron chi connectivity index (χ1n) is 10.5. The Kier molecular flexibility index (Phi) is 12.2. The zero-order valence-electron chi connectivity index (χ0n) is 16.7. The Morgan fingerprint density at radius 1 is 0.963 bits per heavy atom. The first kappa shape index (κ1) is 23.1. The molecule has 1 atom stereocenters. The lowest BCUT2D eigenvalue weighted by Gasteiger charge is -2.15. The molecular weight excluding hydrogens is 342 g/mol. The van der Waals surface area contributed by atoms with Gasteiger partial charge in [0, 0.05) is 17.5 Å². The maximum Gasteiger partial charge on any atom is 0.303 e. The van der Waals surface area contributed by atoms with Gasteiger partial charge in [-0.3, -0.25) is 14.9 Å². The van der Waals surface area contributed by atoms with Gasteiger partial charge in [0.1, 0.15) is 0 Å². The molecule has 0 aliphatic rings. The van der Waals surface area contributed by atoms with E-state index in [2.05, 4.69) is 6.92 Å². The Balaban J connectivity index is 2.32. The highest BCUT2D eigenvalue weighted by atomic mass is 16.6. The van der Waals surface area contributed by atoms with Crippen LogP contribution in [0.5, 0.6) is 0 Å². The number of unbranched alkanes of at least 4 members (excludes halogenated alkanes) is 10. The van der Waals surface area contributed by atoms with E-state index < -0.39 is 10.9 Å². The zero-order valence-corrected chi connectivity index (χ0v) is 16.7. The maximum absolute atomic E-state index is 11.2. The maximum atomic E-state index is 11.2. The Morgan fingerprint density at radius 2 is 1.48 bits per heavy atom. The number of para-hydroxylation sites is 1. The second kappa shape index (κ2) is 14.2. The number of aliphatic carboxylic acids is 1. The lowest BCUT2D eigenvalue weighted by molar-refractivity contribution is -0.385. The second-order valence-corrected chi connectivity index (χ2v) is 7.43. The van der Waals surface area contributed by atoms with Crippen molar-refractivity contribution in [2.75, 3.05) is 0 Å². The summed E-state index contributed by atoms with van der Waals surface area (Å²) >= 11 is 0. The third kappa shape index (κ3) is 10.1. The van der Waals surface area contributed by atoms with Crippen molar-refractivity contribution in [1.29, 1.82) is 0 Å². The lowest BCUT2D eigenvalue weighted by atomic mass is 9.89. The Morgan fingerprint density at radius 3 is 2.00 bits per heavy atom. The average molecular weight is 378 g/mol. The first-order chi connectivity index (χ1) is 13.1. The molecule has 1 rings (SSSR count).